The molecule has 0 aliphatic heterocycles. The van der Waals surface area contributed by atoms with Gasteiger partial charge in [-0.1, -0.05) is 6.07 Å². The molecule has 1 amide bonds. The van der Waals surface area contributed by atoms with Crippen LogP contribution in [0.15, 0.2) is 18.2 Å². The first-order valence-electron chi connectivity index (χ1n) is 6.81. The van der Waals surface area contributed by atoms with E-state index in [1.165, 1.54) is 7.11 Å². The minimum atomic E-state index is -0.857. The van der Waals surface area contributed by atoms with Crippen LogP contribution in [0.3, 0.4) is 0 Å². The first kappa shape index (κ1) is 17.0. The summed E-state index contributed by atoms with van der Waals surface area (Å²) in [5.41, 5.74) is 0.908. The summed E-state index contributed by atoms with van der Waals surface area (Å²) in [6, 6.07) is 5.02. The molecule has 1 N–H and O–H groups in total. The molecule has 1 aromatic carbocycles. The van der Waals surface area contributed by atoms with E-state index in [-0.39, 0.29) is 11.4 Å². The summed E-state index contributed by atoms with van der Waals surface area (Å²) in [5, 5.41) is 2.77. The van der Waals surface area contributed by atoms with E-state index < -0.39 is 12.1 Å². The Kier molecular flexibility index (Phi) is 5.35. The van der Waals surface area contributed by atoms with Crippen LogP contribution in [0.25, 0.3) is 0 Å². The molecule has 1 atom stereocenters. The standard InChI is InChI=1S/C16H23NO4/c1-10-7-8-12(9-13(10)20-6)15(19)21-11(2)14(18)17-16(3,4)5/h7-9,11H,1-6H3,(H,17,18)/t11-/m0/s1. The Morgan fingerprint density at radius 3 is 2.38 bits per heavy atom. The Morgan fingerprint density at radius 2 is 1.86 bits per heavy atom. The summed E-state index contributed by atoms with van der Waals surface area (Å²) >= 11 is 0. The van der Waals surface area contributed by atoms with Gasteiger partial charge in [0, 0.05) is 5.54 Å². The van der Waals surface area contributed by atoms with Gasteiger partial charge in [-0.3, -0.25) is 4.79 Å². The molecular formula is C16H23NO4. The molecule has 0 fully saturated rings. The first-order chi connectivity index (χ1) is 9.64. The summed E-state index contributed by atoms with van der Waals surface area (Å²) in [7, 11) is 1.54. The van der Waals surface area contributed by atoms with Gasteiger partial charge in [-0.15, -0.1) is 0 Å². The molecule has 5 heteroatoms. The van der Waals surface area contributed by atoms with Crippen LogP contribution in [0.5, 0.6) is 5.75 Å². The number of aryl methyl sites for hydroxylation is 1. The van der Waals surface area contributed by atoms with Crippen molar-refractivity contribution >= 4 is 11.9 Å². The lowest BCUT2D eigenvalue weighted by Crippen LogP contribution is -2.46. The van der Waals surface area contributed by atoms with Gasteiger partial charge in [0.2, 0.25) is 0 Å². The van der Waals surface area contributed by atoms with Gasteiger partial charge in [0.1, 0.15) is 5.75 Å². The quantitative estimate of drug-likeness (QED) is 0.866. The number of esters is 1. The molecule has 0 heterocycles. The number of ether oxygens (including phenoxy) is 2. The fourth-order valence-electron chi connectivity index (χ4n) is 1.70. The maximum absolute atomic E-state index is 12.0. The number of carbonyl (C=O) groups excluding carboxylic acids is 2. The second-order valence-electron chi connectivity index (χ2n) is 5.97. The summed E-state index contributed by atoms with van der Waals surface area (Å²) in [4.78, 5) is 23.9. The molecular weight excluding hydrogens is 270 g/mol. The second-order valence-corrected chi connectivity index (χ2v) is 5.97. The molecule has 0 aromatic heterocycles. The predicted octanol–water partition coefficient (Wildman–Crippen LogP) is 2.46. The third-order valence-corrected chi connectivity index (χ3v) is 2.80. The number of nitrogens with one attached hydrogen (secondary N) is 1. The van der Waals surface area contributed by atoms with Crippen LogP contribution in [0.4, 0.5) is 0 Å². The number of amides is 1. The van der Waals surface area contributed by atoms with Crippen molar-refractivity contribution in [3.8, 4) is 5.75 Å². The van der Waals surface area contributed by atoms with E-state index in [2.05, 4.69) is 5.32 Å². The Morgan fingerprint density at radius 1 is 1.24 bits per heavy atom. The number of benzene rings is 1. The lowest BCUT2D eigenvalue weighted by molar-refractivity contribution is -0.130. The molecule has 0 radical (unpaired) electrons. The van der Waals surface area contributed by atoms with Crippen LogP contribution in [0.2, 0.25) is 0 Å². The number of rotatable bonds is 4. The zero-order valence-corrected chi connectivity index (χ0v) is 13.4. The zero-order chi connectivity index (χ0) is 16.2. The van der Waals surface area contributed by atoms with Crippen LogP contribution in [0.1, 0.15) is 43.6 Å². The van der Waals surface area contributed by atoms with E-state index in [0.29, 0.717) is 11.3 Å². The van der Waals surface area contributed by atoms with E-state index in [9.17, 15) is 9.59 Å². The van der Waals surface area contributed by atoms with Crippen molar-refractivity contribution in [2.75, 3.05) is 7.11 Å². The van der Waals surface area contributed by atoms with E-state index in [1.54, 1.807) is 25.1 Å². The van der Waals surface area contributed by atoms with Crippen LogP contribution in [-0.4, -0.2) is 30.6 Å². The van der Waals surface area contributed by atoms with Crippen molar-refractivity contribution in [1.29, 1.82) is 0 Å². The third kappa shape index (κ3) is 5.10. The van der Waals surface area contributed by atoms with Crippen LogP contribution in [0, 0.1) is 6.92 Å². The number of hydrogen-bond acceptors (Lipinski definition) is 4. The van der Waals surface area contributed by atoms with Crippen molar-refractivity contribution in [2.24, 2.45) is 0 Å². The lowest BCUT2D eigenvalue weighted by atomic mass is 10.1. The average molecular weight is 293 g/mol. The predicted molar refractivity (Wildman–Crippen MR) is 80.5 cm³/mol. The van der Waals surface area contributed by atoms with Gasteiger partial charge < -0.3 is 14.8 Å². The molecule has 0 unspecified atom stereocenters. The molecule has 1 aromatic rings. The van der Waals surface area contributed by atoms with E-state index >= 15 is 0 Å². The third-order valence-electron chi connectivity index (χ3n) is 2.80. The van der Waals surface area contributed by atoms with Crippen molar-refractivity contribution in [1.82, 2.24) is 5.32 Å². The molecule has 0 spiro atoms. The van der Waals surface area contributed by atoms with E-state index in [4.69, 9.17) is 9.47 Å². The van der Waals surface area contributed by atoms with Gasteiger partial charge in [-0.2, -0.15) is 0 Å². The highest BCUT2D eigenvalue weighted by molar-refractivity contribution is 5.92. The van der Waals surface area contributed by atoms with Gasteiger partial charge in [0.05, 0.1) is 12.7 Å². The lowest BCUT2D eigenvalue weighted by Gasteiger charge is -2.23. The molecule has 21 heavy (non-hydrogen) atoms. The maximum atomic E-state index is 12.0. The largest absolute Gasteiger partial charge is 0.496 e. The minimum absolute atomic E-state index is 0.324. The molecule has 0 bridgehead atoms. The second kappa shape index (κ2) is 6.61. The number of carbonyl (C=O) groups is 2. The number of hydrogen-bond donors (Lipinski definition) is 1. The Hall–Kier alpha value is -2.04. The fraction of sp³-hybridized carbons (Fsp3) is 0.500. The van der Waals surface area contributed by atoms with Gasteiger partial charge in [0.15, 0.2) is 6.10 Å². The van der Waals surface area contributed by atoms with Gasteiger partial charge in [-0.25, -0.2) is 4.79 Å². The van der Waals surface area contributed by atoms with Gasteiger partial charge in [-0.05, 0) is 52.3 Å². The zero-order valence-electron chi connectivity index (χ0n) is 13.4. The molecule has 5 nitrogen and oxygen atoms in total. The SMILES string of the molecule is COc1cc(C(=O)O[C@@H](C)C(=O)NC(C)(C)C)ccc1C. The van der Waals surface area contributed by atoms with Crippen molar-refractivity contribution in [3.63, 3.8) is 0 Å². The van der Waals surface area contributed by atoms with E-state index in [1.807, 2.05) is 27.7 Å². The van der Waals surface area contributed by atoms with E-state index in [0.717, 1.165) is 5.56 Å². The monoisotopic (exact) mass is 293 g/mol. The Labute approximate surface area is 125 Å². The molecule has 1 rings (SSSR count). The van der Waals surface area contributed by atoms with Crippen molar-refractivity contribution < 1.29 is 19.1 Å². The molecule has 0 saturated carbocycles. The summed E-state index contributed by atoms with van der Waals surface area (Å²) in [6.45, 7) is 9.02. The Balaban J connectivity index is 2.75. The first-order valence-corrected chi connectivity index (χ1v) is 6.81. The highest BCUT2D eigenvalue weighted by Gasteiger charge is 2.23. The van der Waals surface area contributed by atoms with Crippen LogP contribution >= 0.6 is 0 Å². The van der Waals surface area contributed by atoms with Crippen LogP contribution in [-0.2, 0) is 9.53 Å². The molecule has 0 aliphatic rings. The molecule has 0 aliphatic carbocycles. The smallest absolute Gasteiger partial charge is 0.339 e. The summed E-state index contributed by atoms with van der Waals surface area (Å²) in [5.74, 6) is -0.268. The molecule has 116 valence electrons. The Bertz CT molecular complexity index is 532. The average Bonchev–Trinajstić information content (AvgIpc) is 2.37. The number of methoxy groups -OCH3 is 1. The minimum Gasteiger partial charge on any atom is -0.496 e. The van der Waals surface area contributed by atoms with Crippen LogP contribution < -0.4 is 10.1 Å². The van der Waals surface area contributed by atoms with Crippen molar-refractivity contribution in [3.05, 3.63) is 29.3 Å². The highest BCUT2D eigenvalue weighted by atomic mass is 16.5. The van der Waals surface area contributed by atoms with Gasteiger partial charge >= 0.3 is 5.97 Å². The summed E-state index contributed by atoms with van der Waals surface area (Å²) in [6.07, 6.45) is -0.857. The molecule has 0 saturated heterocycles. The summed E-state index contributed by atoms with van der Waals surface area (Å²) < 4.78 is 10.3. The fourth-order valence-corrected chi connectivity index (χ4v) is 1.70. The highest BCUT2D eigenvalue weighted by Crippen LogP contribution is 2.19. The van der Waals surface area contributed by atoms with Crippen molar-refractivity contribution in [2.45, 2.75) is 46.3 Å². The van der Waals surface area contributed by atoms with Gasteiger partial charge in [0.25, 0.3) is 5.91 Å². The normalized spacial score (nSPS) is 12.5. The topological polar surface area (TPSA) is 64.6 Å². The maximum Gasteiger partial charge on any atom is 0.339 e.